The number of carbonyl (C=O) groups excluding carboxylic acids is 2. The molecular formula is C16H23NO5. The second kappa shape index (κ2) is 10.5. The first kappa shape index (κ1) is 17.8. The van der Waals surface area contributed by atoms with E-state index in [4.69, 9.17) is 4.74 Å². The predicted molar refractivity (Wildman–Crippen MR) is 81.6 cm³/mol. The lowest BCUT2D eigenvalue weighted by Gasteiger charge is -2.08. The highest BCUT2D eigenvalue weighted by Gasteiger charge is 2.13. The Labute approximate surface area is 130 Å². The van der Waals surface area contributed by atoms with E-state index in [9.17, 15) is 14.7 Å². The molecule has 6 heteroatoms. The minimum Gasteiger partial charge on any atom is -0.507 e. The van der Waals surface area contributed by atoms with Crippen LogP contribution in [0.25, 0.3) is 0 Å². The molecule has 0 saturated carbocycles. The van der Waals surface area contributed by atoms with Gasteiger partial charge in [0, 0.05) is 6.07 Å². The molecule has 0 heterocycles. The molecule has 0 aliphatic carbocycles. The van der Waals surface area contributed by atoms with Crippen molar-refractivity contribution in [1.82, 2.24) is 5.48 Å². The van der Waals surface area contributed by atoms with Gasteiger partial charge >= 0.3 is 5.97 Å². The molecule has 0 bridgehead atoms. The number of phenolic OH excluding ortho intramolecular Hbond substituents is 1. The Morgan fingerprint density at radius 3 is 2.64 bits per heavy atom. The number of aromatic hydroxyl groups is 1. The zero-order valence-electron chi connectivity index (χ0n) is 12.8. The number of nitrogens with one attached hydrogen (secondary N) is 1. The number of hydroxylamine groups is 1. The van der Waals surface area contributed by atoms with Gasteiger partial charge in [-0.05, 0) is 18.6 Å². The van der Waals surface area contributed by atoms with Gasteiger partial charge in [0.25, 0.3) is 0 Å². The van der Waals surface area contributed by atoms with Gasteiger partial charge in [0.05, 0.1) is 6.61 Å². The Morgan fingerprint density at radius 1 is 1.23 bits per heavy atom. The average molecular weight is 309 g/mol. The van der Waals surface area contributed by atoms with E-state index in [1.165, 1.54) is 37.8 Å². The molecule has 0 fully saturated rings. The summed E-state index contributed by atoms with van der Waals surface area (Å²) in [6.07, 6.45) is 7.26. The highest BCUT2D eigenvalue weighted by Crippen LogP contribution is 2.24. The maximum atomic E-state index is 11.5. The lowest BCUT2D eigenvalue weighted by atomic mass is 10.1. The Bertz CT molecular complexity index is 476. The summed E-state index contributed by atoms with van der Waals surface area (Å²) in [5.41, 5.74) is 1.74. The molecule has 0 aromatic heterocycles. The molecule has 2 N–H and O–H groups in total. The molecule has 0 aliphatic heterocycles. The Kier molecular flexibility index (Phi) is 8.49. The van der Waals surface area contributed by atoms with Crippen LogP contribution in [0, 0.1) is 0 Å². The lowest BCUT2D eigenvalue weighted by molar-refractivity contribution is -0.117. The van der Waals surface area contributed by atoms with Gasteiger partial charge in [-0.1, -0.05) is 39.0 Å². The molecule has 1 amide bonds. The second-order valence-electron chi connectivity index (χ2n) is 4.92. The summed E-state index contributed by atoms with van der Waals surface area (Å²) < 4.78 is 5.53. The lowest BCUT2D eigenvalue weighted by Crippen LogP contribution is -2.18. The average Bonchev–Trinajstić information content (AvgIpc) is 2.52. The summed E-state index contributed by atoms with van der Waals surface area (Å²) >= 11 is 0. The highest BCUT2D eigenvalue weighted by atomic mass is 16.7. The molecule has 1 aromatic rings. The van der Waals surface area contributed by atoms with Gasteiger partial charge in [0.1, 0.15) is 17.1 Å². The summed E-state index contributed by atoms with van der Waals surface area (Å²) in [6, 6.07) is 4.32. The predicted octanol–water partition coefficient (Wildman–Crippen LogP) is 2.95. The first-order valence-electron chi connectivity index (χ1n) is 7.55. The van der Waals surface area contributed by atoms with Gasteiger partial charge in [-0.25, -0.2) is 4.79 Å². The van der Waals surface area contributed by atoms with Gasteiger partial charge in [-0.3, -0.25) is 4.79 Å². The van der Waals surface area contributed by atoms with Gasteiger partial charge in [0.2, 0.25) is 6.41 Å². The quantitative estimate of drug-likeness (QED) is 0.373. The molecule has 1 aromatic carbocycles. The van der Waals surface area contributed by atoms with Crippen LogP contribution in [0.15, 0.2) is 18.2 Å². The van der Waals surface area contributed by atoms with Crippen molar-refractivity contribution in [1.29, 1.82) is 0 Å². The van der Waals surface area contributed by atoms with E-state index < -0.39 is 5.97 Å². The van der Waals surface area contributed by atoms with Crippen molar-refractivity contribution >= 4 is 12.4 Å². The minimum atomic E-state index is -0.841. The number of benzene rings is 1. The number of carbonyl (C=O) groups is 2. The van der Waals surface area contributed by atoms with E-state index in [0.717, 1.165) is 12.8 Å². The molecular weight excluding hydrogens is 286 g/mol. The molecule has 0 saturated heterocycles. The van der Waals surface area contributed by atoms with Crippen molar-refractivity contribution in [2.75, 3.05) is 6.61 Å². The van der Waals surface area contributed by atoms with Crippen LogP contribution < -0.4 is 10.2 Å². The molecule has 0 spiro atoms. The maximum Gasteiger partial charge on any atom is 0.366 e. The van der Waals surface area contributed by atoms with E-state index in [1.54, 1.807) is 11.5 Å². The van der Waals surface area contributed by atoms with E-state index in [-0.39, 0.29) is 17.7 Å². The van der Waals surface area contributed by atoms with E-state index in [0.29, 0.717) is 12.4 Å². The van der Waals surface area contributed by atoms with Crippen LogP contribution >= 0.6 is 0 Å². The number of unbranched alkanes of at least 4 members (excludes halogenated alkanes) is 5. The highest BCUT2D eigenvalue weighted by molar-refractivity contribution is 5.92. The van der Waals surface area contributed by atoms with E-state index in [1.807, 2.05) is 0 Å². The molecule has 1 rings (SSSR count). The van der Waals surface area contributed by atoms with Crippen LogP contribution in [0.4, 0.5) is 0 Å². The zero-order chi connectivity index (χ0) is 16.2. The third-order valence-corrected chi connectivity index (χ3v) is 3.16. The Morgan fingerprint density at radius 2 is 1.95 bits per heavy atom. The Balaban J connectivity index is 2.35. The smallest absolute Gasteiger partial charge is 0.366 e. The number of hydrogen-bond donors (Lipinski definition) is 2. The number of hydrogen-bond acceptors (Lipinski definition) is 5. The molecule has 22 heavy (non-hydrogen) atoms. The summed E-state index contributed by atoms with van der Waals surface area (Å²) in [6.45, 7) is 2.76. The fourth-order valence-corrected chi connectivity index (χ4v) is 1.98. The largest absolute Gasteiger partial charge is 0.507 e. The number of amides is 1. The number of ether oxygens (including phenoxy) is 1. The fraction of sp³-hybridized carbons (Fsp3) is 0.500. The van der Waals surface area contributed by atoms with Gasteiger partial charge < -0.3 is 14.7 Å². The summed E-state index contributed by atoms with van der Waals surface area (Å²) in [4.78, 5) is 25.9. The monoisotopic (exact) mass is 309 g/mol. The summed E-state index contributed by atoms with van der Waals surface area (Å²) in [5, 5.41) is 9.76. The van der Waals surface area contributed by atoms with Gasteiger partial charge in [-0.2, -0.15) is 5.48 Å². The molecule has 0 radical (unpaired) electrons. The molecule has 0 aliphatic rings. The maximum absolute atomic E-state index is 11.5. The standard InChI is InChI=1S/C16H23NO5/c1-2-3-4-5-6-7-10-21-13-8-9-14(15(19)11-13)16(20)22-17-12-18/h8-9,11-12,19H,2-7,10H2,1H3,(H,17,18). The van der Waals surface area contributed by atoms with Crippen molar-refractivity contribution in [2.45, 2.75) is 45.4 Å². The third-order valence-electron chi connectivity index (χ3n) is 3.16. The molecule has 0 unspecified atom stereocenters. The fourth-order valence-electron chi connectivity index (χ4n) is 1.98. The number of rotatable bonds is 11. The van der Waals surface area contributed by atoms with Crippen molar-refractivity contribution < 1.29 is 24.3 Å². The van der Waals surface area contributed by atoms with Gasteiger partial charge in [0.15, 0.2) is 0 Å². The number of phenols is 1. The van der Waals surface area contributed by atoms with Crippen LogP contribution in [0.3, 0.4) is 0 Å². The Hall–Kier alpha value is -2.24. The summed E-state index contributed by atoms with van der Waals surface area (Å²) in [5.74, 6) is -0.601. The third kappa shape index (κ3) is 6.47. The van der Waals surface area contributed by atoms with Gasteiger partial charge in [-0.15, -0.1) is 0 Å². The van der Waals surface area contributed by atoms with E-state index >= 15 is 0 Å². The van der Waals surface area contributed by atoms with Crippen LogP contribution in [0.5, 0.6) is 11.5 Å². The van der Waals surface area contributed by atoms with Crippen LogP contribution in [-0.4, -0.2) is 24.1 Å². The molecule has 0 atom stereocenters. The second-order valence-corrected chi connectivity index (χ2v) is 4.92. The van der Waals surface area contributed by atoms with Crippen molar-refractivity contribution in [3.05, 3.63) is 23.8 Å². The minimum absolute atomic E-state index is 0.0405. The molecule has 122 valence electrons. The first-order chi connectivity index (χ1) is 10.7. The topological polar surface area (TPSA) is 84.9 Å². The van der Waals surface area contributed by atoms with Crippen molar-refractivity contribution in [2.24, 2.45) is 0 Å². The molecule has 6 nitrogen and oxygen atoms in total. The first-order valence-corrected chi connectivity index (χ1v) is 7.55. The van der Waals surface area contributed by atoms with E-state index in [2.05, 4.69) is 11.8 Å². The van der Waals surface area contributed by atoms with Crippen molar-refractivity contribution in [3.63, 3.8) is 0 Å². The van der Waals surface area contributed by atoms with Crippen LogP contribution in [0.2, 0.25) is 0 Å². The normalized spacial score (nSPS) is 10.0. The van der Waals surface area contributed by atoms with Crippen LogP contribution in [0.1, 0.15) is 55.8 Å². The SMILES string of the molecule is CCCCCCCCOc1ccc(C(=O)ONC=O)c(O)c1. The van der Waals surface area contributed by atoms with Crippen LogP contribution in [-0.2, 0) is 9.63 Å². The zero-order valence-corrected chi connectivity index (χ0v) is 12.8. The summed E-state index contributed by atoms with van der Waals surface area (Å²) in [7, 11) is 0. The van der Waals surface area contributed by atoms with Crippen molar-refractivity contribution in [3.8, 4) is 11.5 Å².